The normalized spacial score (nSPS) is 20.2. The van der Waals surface area contributed by atoms with Crippen LogP contribution >= 0.6 is 11.3 Å². The van der Waals surface area contributed by atoms with E-state index in [9.17, 15) is 22.8 Å². The fourth-order valence-electron chi connectivity index (χ4n) is 5.01. The molecular weight excluding hydrogens is 485 g/mol. The van der Waals surface area contributed by atoms with Crippen LogP contribution in [0, 0.1) is 0 Å². The number of allylic oxidation sites excluding steroid dienone is 3. The van der Waals surface area contributed by atoms with Crippen molar-refractivity contribution in [2.24, 2.45) is 0 Å². The Morgan fingerprint density at radius 3 is 2.50 bits per heavy atom. The molecule has 1 amide bonds. The van der Waals surface area contributed by atoms with E-state index in [-0.39, 0.29) is 17.4 Å². The van der Waals surface area contributed by atoms with E-state index in [0.29, 0.717) is 29.7 Å². The predicted octanol–water partition coefficient (Wildman–Crippen LogP) is 6.77. The van der Waals surface area contributed by atoms with Crippen molar-refractivity contribution in [1.29, 1.82) is 0 Å². The summed E-state index contributed by atoms with van der Waals surface area (Å²) in [4.78, 5) is 27.9. The van der Waals surface area contributed by atoms with Gasteiger partial charge in [0.1, 0.15) is 0 Å². The highest BCUT2D eigenvalue weighted by Crippen LogP contribution is 2.46. The summed E-state index contributed by atoms with van der Waals surface area (Å²) >= 11 is 1.44. The summed E-state index contributed by atoms with van der Waals surface area (Å²) in [5.41, 5.74) is 2.55. The van der Waals surface area contributed by atoms with E-state index in [0.717, 1.165) is 28.3 Å². The number of amides is 1. The zero-order chi connectivity index (χ0) is 25.4. The molecule has 2 atom stereocenters. The molecule has 36 heavy (non-hydrogen) atoms. The molecule has 0 saturated heterocycles. The van der Waals surface area contributed by atoms with E-state index in [1.54, 1.807) is 6.92 Å². The Hall–Kier alpha value is -3.65. The van der Waals surface area contributed by atoms with Gasteiger partial charge >= 0.3 is 6.18 Å². The molecular formula is C28H23F3N2O2S. The van der Waals surface area contributed by atoms with Crippen LogP contribution in [0.25, 0.3) is 0 Å². The van der Waals surface area contributed by atoms with Crippen LogP contribution in [0.5, 0.6) is 0 Å². The highest BCUT2D eigenvalue weighted by atomic mass is 32.1. The molecule has 184 valence electrons. The third-order valence-electron chi connectivity index (χ3n) is 6.62. The van der Waals surface area contributed by atoms with Crippen LogP contribution in [0.3, 0.4) is 0 Å². The lowest BCUT2D eigenvalue weighted by molar-refractivity contribution is -0.137. The van der Waals surface area contributed by atoms with Crippen molar-refractivity contribution < 1.29 is 22.8 Å². The average Bonchev–Trinajstić information content (AvgIpc) is 3.38. The molecule has 0 spiro atoms. The number of carbonyl (C=O) groups is 2. The number of ketones is 1. The van der Waals surface area contributed by atoms with Gasteiger partial charge in [0, 0.05) is 39.5 Å². The summed E-state index contributed by atoms with van der Waals surface area (Å²) in [6, 6.07) is 18.1. The fourth-order valence-corrected chi connectivity index (χ4v) is 5.86. The van der Waals surface area contributed by atoms with Crippen molar-refractivity contribution in [3.05, 3.63) is 111 Å². The molecule has 2 aromatic carbocycles. The van der Waals surface area contributed by atoms with Gasteiger partial charge in [-0.05, 0) is 54.5 Å². The van der Waals surface area contributed by atoms with E-state index >= 15 is 0 Å². The number of hydrogen-bond acceptors (Lipinski definition) is 4. The number of nitrogens with one attached hydrogen (secondary N) is 2. The maximum absolute atomic E-state index is 13.5. The van der Waals surface area contributed by atoms with Crippen molar-refractivity contribution in [1.82, 2.24) is 5.32 Å². The monoisotopic (exact) mass is 508 g/mol. The zero-order valence-corrected chi connectivity index (χ0v) is 20.2. The fraction of sp³-hybridized carbons (Fsp3) is 0.214. The molecule has 1 aromatic heterocycles. The van der Waals surface area contributed by atoms with Crippen LogP contribution in [0.2, 0.25) is 0 Å². The number of halogens is 3. The number of benzene rings is 2. The summed E-state index contributed by atoms with van der Waals surface area (Å²) in [6.45, 7) is 1.77. The highest BCUT2D eigenvalue weighted by Gasteiger charge is 2.41. The molecule has 2 N–H and O–H groups in total. The van der Waals surface area contributed by atoms with Gasteiger partial charge < -0.3 is 10.6 Å². The van der Waals surface area contributed by atoms with Crippen LogP contribution in [0.1, 0.15) is 47.6 Å². The molecule has 4 nitrogen and oxygen atoms in total. The molecule has 2 heterocycles. The van der Waals surface area contributed by atoms with Gasteiger partial charge in [-0.1, -0.05) is 42.5 Å². The first-order valence-electron chi connectivity index (χ1n) is 11.5. The van der Waals surface area contributed by atoms with Gasteiger partial charge in [0.25, 0.3) is 5.91 Å². The van der Waals surface area contributed by atoms with Gasteiger partial charge in [0.2, 0.25) is 0 Å². The number of rotatable bonds is 4. The molecule has 0 fully saturated rings. The predicted molar refractivity (Wildman–Crippen MR) is 133 cm³/mol. The van der Waals surface area contributed by atoms with Crippen LogP contribution in [0.4, 0.5) is 18.9 Å². The summed E-state index contributed by atoms with van der Waals surface area (Å²) < 4.78 is 39.5. The lowest BCUT2D eigenvalue weighted by atomic mass is 9.73. The molecule has 8 heteroatoms. The number of carbonyl (C=O) groups excluding carboxylic acids is 2. The van der Waals surface area contributed by atoms with Crippen molar-refractivity contribution >= 4 is 28.7 Å². The van der Waals surface area contributed by atoms with Crippen molar-refractivity contribution in [2.75, 3.05) is 5.32 Å². The Morgan fingerprint density at radius 1 is 1.03 bits per heavy atom. The molecule has 5 rings (SSSR count). The molecule has 1 aliphatic carbocycles. The number of hydrogen-bond donors (Lipinski definition) is 2. The van der Waals surface area contributed by atoms with Crippen LogP contribution in [-0.4, -0.2) is 11.7 Å². The lowest BCUT2D eigenvalue weighted by Gasteiger charge is -2.36. The topological polar surface area (TPSA) is 58.2 Å². The number of anilines is 1. The second kappa shape index (κ2) is 9.43. The van der Waals surface area contributed by atoms with Crippen LogP contribution in [0.15, 0.2) is 94.7 Å². The van der Waals surface area contributed by atoms with Crippen molar-refractivity contribution in [3.63, 3.8) is 0 Å². The Balaban J connectivity index is 1.50. The van der Waals surface area contributed by atoms with E-state index in [4.69, 9.17) is 0 Å². The van der Waals surface area contributed by atoms with Crippen molar-refractivity contribution in [2.45, 2.75) is 37.8 Å². The maximum atomic E-state index is 13.5. The van der Waals surface area contributed by atoms with E-state index in [2.05, 4.69) is 10.6 Å². The van der Waals surface area contributed by atoms with Gasteiger partial charge in [0.15, 0.2) is 5.78 Å². The lowest BCUT2D eigenvalue weighted by Crippen LogP contribution is -2.36. The quantitative estimate of drug-likeness (QED) is 0.409. The number of Topliss-reactive ketones (excluding diaryl/α,β-unsaturated/α-hetero) is 1. The SMILES string of the molecule is CC1=C(C(=O)Nc2cccc(C(F)(F)F)c2)[C@@H](c2cccs2)C2=C(C[C@@H](c3ccccc3)CC2=O)N1. The minimum atomic E-state index is -4.52. The van der Waals surface area contributed by atoms with E-state index < -0.39 is 23.6 Å². The first-order valence-corrected chi connectivity index (χ1v) is 12.4. The largest absolute Gasteiger partial charge is 0.416 e. The third kappa shape index (κ3) is 4.60. The zero-order valence-electron chi connectivity index (χ0n) is 19.4. The minimum absolute atomic E-state index is 0.0298. The first kappa shape index (κ1) is 24.1. The Morgan fingerprint density at radius 2 is 1.81 bits per heavy atom. The highest BCUT2D eigenvalue weighted by molar-refractivity contribution is 7.10. The van der Waals surface area contributed by atoms with Crippen LogP contribution in [-0.2, 0) is 15.8 Å². The molecule has 1 aliphatic heterocycles. The van der Waals surface area contributed by atoms with Gasteiger partial charge in [-0.2, -0.15) is 13.2 Å². The Kier molecular flexibility index (Phi) is 6.30. The molecule has 0 unspecified atom stereocenters. The second-order valence-corrected chi connectivity index (χ2v) is 9.96. The summed E-state index contributed by atoms with van der Waals surface area (Å²) in [7, 11) is 0. The third-order valence-corrected chi connectivity index (χ3v) is 7.56. The second-order valence-electron chi connectivity index (χ2n) is 8.98. The van der Waals surface area contributed by atoms with Gasteiger partial charge in [0.05, 0.1) is 11.5 Å². The smallest absolute Gasteiger partial charge is 0.362 e. The van der Waals surface area contributed by atoms with Gasteiger partial charge in [-0.3, -0.25) is 9.59 Å². The summed E-state index contributed by atoms with van der Waals surface area (Å²) in [6.07, 6.45) is -3.56. The van der Waals surface area contributed by atoms with Crippen molar-refractivity contribution in [3.8, 4) is 0 Å². The van der Waals surface area contributed by atoms with E-state index in [1.165, 1.54) is 23.5 Å². The molecule has 0 bridgehead atoms. The Labute approximate surface area is 210 Å². The average molecular weight is 509 g/mol. The molecule has 3 aromatic rings. The molecule has 0 saturated carbocycles. The number of thiophene rings is 1. The number of alkyl halides is 3. The Bertz CT molecular complexity index is 1380. The molecule has 2 aliphatic rings. The van der Waals surface area contributed by atoms with Crippen LogP contribution < -0.4 is 10.6 Å². The van der Waals surface area contributed by atoms with Gasteiger partial charge in [-0.25, -0.2) is 0 Å². The number of dihydropyridines is 1. The standard InChI is InChI=1S/C28H23F3N2O2S/c1-16-24(27(35)33-20-10-5-9-19(15-20)28(29,30)31)26(23-11-6-12-36-23)25-21(32-16)13-18(14-22(25)34)17-7-3-2-4-8-17/h2-12,15,18,26,32H,13-14H2,1H3,(H,33,35)/t18-,26-/m1/s1. The minimum Gasteiger partial charge on any atom is -0.362 e. The summed E-state index contributed by atoms with van der Waals surface area (Å²) in [5.74, 6) is -1.13. The first-order chi connectivity index (χ1) is 17.2. The van der Waals surface area contributed by atoms with E-state index in [1.807, 2.05) is 47.8 Å². The summed E-state index contributed by atoms with van der Waals surface area (Å²) in [5, 5.41) is 7.80. The maximum Gasteiger partial charge on any atom is 0.416 e. The van der Waals surface area contributed by atoms with Gasteiger partial charge in [-0.15, -0.1) is 11.3 Å². The molecule has 0 radical (unpaired) electrons.